The second-order valence-electron chi connectivity index (χ2n) is 4.20. The SMILES string of the molecule is FC(F)(F)CC12CNCC(C1)C2. The Morgan fingerprint density at radius 3 is 2.42 bits per heavy atom. The minimum atomic E-state index is -3.98. The predicted octanol–water partition coefficient (Wildman–Crippen LogP) is 1.94. The van der Waals surface area contributed by atoms with Gasteiger partial charge in [-0.05, 0) is 30.7 Å². The molecule has 0 amide bonds. The lowest BCUT2D eigenvalue weighted by molar-refractivity contribution is -0.181. The van der Waals surface area contributed by atoms with Crippen LogP contribution in [0.4, 0.5) is 13.2 Å². The highest BCUT2D eigenvalue weighted by Crippen LogP contribution is 2.53. The monoisotopic (exact) mass is 179 g/mol. The third-order valence-electron chi connectivity index (χ3n) is 2.95. The van der Waals surface area contributed by atoms with E-state index in [2.05, 4.69) is 5.32 Å². The predicted molar refractivity (Wildman–Crippen MR) is 38.7 cm³/mol. The van der Waals surface area contributed by atoms with Gasteiger partial charge in [-0.2, -0.15) is 13.2 Å². The summed E-state index contributed by atoms with van der Waals surface area (Å²) in [6.45, 7) is 1.47. The molecule has 4 heteroatoms. The molecule has 3 aliphatic rings. The second kappa shape index (κ2) is 2.37. The van der Waals surface area contributed by atoms with Gasteiger partial charge in [0.05, 0.1) is 6.42 Å². The fraction of sp³-hybridized carbons (Fsp3) is 1.00. The molecule has 0 aromatic carbocycles. The van der Waals surface area contributed by atoms with E-state index in [1.54, 1.807) is 0 Å². The Hall–Kier alpha value is -0.250. The number of nitrogens with one attached hydrogen (secondary N) is 1. The molecule has 1 N–H and O–H groups in total. The van der Waals surface area contributed by atoms with Crippen LogP contribution in [0, 0.1) is 11.3 Å². The molecule has 0 unspecified atom stereocenters. The van der Waals surface area contributed by atoms with Crippen molar-refractivity contribution in [1.82, 2.24) is 5.32 Å². The first-order valence-electron chi connectivity index (χ1n) is 4.27. The normalized spacial score (nSPS) is 40.8. The van der Waals surface area contributed by atoms with Crippen molar-refractivity contribution in [3.8, 4) is 0 Å². The van der Waals surface area contributed by atoms with Crippen LogP contribution < -0.4 is 5.32 Å². The molecule has 12 heavy (non-hydrogen) atoms. The van der Waals surface area contributed by atoms with Crippen molar-refractivity contribution in [3.05, 3.63) is 0 Å². The molecule has 2 aliphatic heterocycles. The van der Waals surface area contributed by atoms with E-state index in [1.807, 2.05) is 0 Å². The molecule has 0 aromatic heterocycles. The Kier molecular flexibility index (Phi) is 1.65. The van der Waals surface area contributed by atoms with Crippen LogP contribution in [0.15, 0.2) is 0 Å². The molecule has 2 saturated heterocycles. The third-order valence-corrected chi connectivity index (χ3v) is 2.95. The fourth-order valence-corrected chi connectivity index (χ4v) is 2.63. The van der Waals surface area contributed by atoms with Gasteiger partial charge in [-0.15, -0.1) is 0 Å². The number of hydrogen-bond acceptors (Lipinski definition) is 1. The number of alkyl halides is 3. The lowest BCUT2D eigenvalue weighted by Gasteiger charge is -2.53. The zero-order valence-corrected chi connectivity index (χ0v) is 6.75. The molecule has 1 aliphatic carbocycles. The zero-order chi connectivity index (χ0) is 8.82. The van der Waals surface area contributed by atoms with E-state index in [0.29, 0.717) is 12.5 Å². The molecule has 1 nitrogen and oxygen atoms in total. The summed E-state index contributed by atoms with van der Waals surface area (Å²) in [6.07, 6.45) is -3.02. The molecular weight excluding hydrogens is 167 g/mol. The second-order valence-corrected chi connectivity index (χ2v) is 4.20. The summed E-state index contributed by atoms with van der Waals surface area (Å²) in [4.78, 5) is 0. The van der Waals surface area contributed by atoms with E-state index in [9.17, 15) is 13.2 Å². The molecule has 1 saturated carbocycles. The summed E-state index contributed by atoms with van der Waals surface area (Å²) in [5.74, 6) is 0.515. The maximum absolute atomic E-state index is 12.1. The number of hydrogen-bond donors (Lipinski definition) is 1. The van der Waals surface area contributed by atoms with Crippen molar-refractivity contribution < 1.29 is 13.2 Å². The minimum absolute atomic E-state index is 0.429. The molecule has 0 spiro atoms. The molecular formula is C8H12F3N. The molecule has 0 radical (unpaired) electrons. The highest BCUT2D eigenvalue weighted by atomic mass is 19.4. The van der Waals surface area contributed by atoms with Crippen molar-refractivity contribution in [2.75, 3.05) is 13.1 Å². The van der Waals surface area contributed by atoms with Crippen molar-refractivity contribution in [2.45, 2.75) is 25.4 Å². The van der Waals surface area contributed by atoms with Crippen molar-refractivity contribution in [3.63, 3.8) is 0 Å². The highest BCUT2D eigenvalue weighted by Gasteiger charge is 2.52. The van der Waals surface area contributed by atoms with Gasteiger partial charge in [0.2, 0.25) is 0 Å². The van der Waals surface area contributed by atoms with Gasteiger partial charge in [-0.25, -0.2) is 0 Å². The standard InChI is InChI=1S/C8H12F3N/c9-8(10,11)4-7-1-6(2-7)3-12-5-7/h6,12H,1-5H2. The van der Waals surface area contributed by atoms with Crippen LogP contribution in [0.3, 0.4) is 0 Å². The van der Waals surface area contributed by atoms with Crippen LogP contribution in [0.25, 0.3) is 0 Å². The maximum Gasteiger partial charge on any atom is 0.389 e. The fourth-order valence-electron chi connectivity index (χ4n) is 2.63. The van der Waals surface area contributed by atoms with Gasteiger partial charge in [0, 0.05) is 6.54 Å². The average molecular weight is 179 g/mol. The lowest BCUT2D eigenvalue weighted by Crippen LogP contribution is -2.56. The smallest absolute Gasteiger partial charge is 0.316 e. The molecule has 70 valence electrons. The quantitative estimate of drug-likeness (QED) is 0.648. The first kappa shape index (κ1) is 8.35. The van der Waals surface area contributed by atoms with Gasteiger partial charge in [-0.3, -0.25) is 0 Å². The summed E-state index contributed by atoms with van der Waals surface area (Å²) in [5, 5.41) is 3.05. The van der Waals surface area contributed by atoms with Gasteiger partial charge in [0.25, 0.3) is 0 Å². The maximum atomic E-state index is 12.1. The van der Waals surface area contributed by atoms with Gasteiger partial charge >= 0.3 is 6.18 Å². The molecule has 3 rings (SSSR count). The van der Waals surface area contributed by atoms with Crippen LogP contribution in [0.2, 0.25) is 0 Å². The summed E-state index contributed by atoms with van der Waals surface area (Å²) < 4.78 is 36.2. The summed E-state index contributed by atoms with van der Waals surface area (Å²) in [5.41, 5.74) is -0.429. The Morgan fingerprint density at radius 2 is 2.00 bits per heavy atom. The molecule has 0 aromatic rings. The summed E-state index contributed by atoms with van der Waals surface area (Å²) >= 11 is 0. The molecule has 0 atom stereocenters. The van der Waals surface area contributed by atoms with Crippen molar-refractivity contribution in [2.24, 2.45) is 11.3 Å². The van der Waals surface area contributed by atoms with Crippen LogP contribution in [0.5, 0.6) is 0 Å². The highest BCUT2D eigenvalue weighted by molar-refractivity contribution is 5.00. The first-order valence-corrected chi connectivity index (χ1v) is 4.27. The summed E-state index contributed by atoms with van der Waals surface area (Å²) in [6, 6.07) is 0. The minimum Gasteiger partial charge on any atom is -0.316 e. The first-order chi connectivity index (χ1) is 5.49. The summed E-state index contributed by atoms with van der Waals surface area (Å²) in [7, 11) is 0. The number of halogens is 3. The van der Waals surface area contributed by atoms with Crippen LogP contribution in [-0.2, 0) is 0 Å². The van der Waals surface area contributed by atoms with E-state index in [-0.39, 0.29) is 0 Å². The molecule has 2 bridgehead atoms. The lowest BCUT2D eigenvalue weighted by atomic mass is 9.58. The topological polar surface area (TPSA) is 12.0 Å². The van der Waals surface area contributed by atoms with Gasteiger partial charge < -0.3 is 5.32 Å². The van der Waals surface area contributed by atoms with Crippen molar-refractivity contribution in [1.29, 1.82) is 0 Å². The largest absolute Gasteiger partial charge is 0.389 e. The average Bonchev–Trinajstić information content (AvgIpc) is 1.81. The van der Waals surface area contributed by atoms with E-state index >= 15 is 0 Å². The Balaban J connectivity index is 1.95. The molecule has 2 heterocycles. The van der Waals surface area contributed by atoms with E-state index in [4.69, 9.17) is 0 Å². The number of piperidine rings is 2. The number of fused-ring (bicyclic) bond motifs is 2. The van der Waals surface area contributed by atoms with Crippen molar-refractivity contribution >= 4 is 0 Å². The van der Waals surface area contributed by atoms with Crippen LogP contribution in [-0.4, -0.2) is 19.3 Å². The van der Waals surface area contributed by atoms with E-state index < -0.39 is 18.0 Å². The van der Waals surface area contributed by atoms with Gasteiger partial charge in [0.1, 0.15) is 0 Å². The zero-order valence-electron chi connectivity index (χ0n) is 6.75. The molecule has 3 fully saturated rings. The Labute approximate surface area is 69.3 Å². The van der Waals surface area contributed by atoms with Crippen LogP contribution in [0.1, 0.15) is 19.3 Å². The van der Waals surface area contributed by atoms with E-state index in [1.165, 1.54) is 0 Å². The number of rotatable bonds is 1. The van der Waals surface area contributed by atoms with Gasteiger partial charge in [0.15, 0.2) is 0 Å². The van der Waals surface area contributed by atoms with Gasteiger partial charge in [-0.1, -0.05) is 0 Å². The van der Waals surface area contributed by atoms with E-state index in [0.717, 1.165) is 19.4 Å². The third kappa shape index (κ3) is 1.44. The Bertz CT molecular complexity index is 176. The van der Waals surface area contributed by atoms with Crippen LogP contribution >= 0.6 is 0 Å². The Morgan fingerprint density at radius 1 is 1.33 bits per heavy atom.